The van der Waals surface area contributed by atoms with Crippen LogP contribution in [0.25, 0.3) is 0 Å². The third kappa shape index (κ3) is 3.50. The van der Waals surface area contributed by atoms with Crippen molar-refractivity contribution in [2.45, 2.75) is 63.8 Å². The predicted molar refractivity (Wildman–Crippen MR) is 69.8 cm³/mol. The Morgan fingerprint density at radius 1 is 1.35 bits per heavy atom. The standard InChI is InChI=1S/C14H23N3/c1-2-12(15)10-13-8-9-16-14(17-13)11-6-4-3-5-7-11/h8-9,11-12H,2-7,10,15H2,1H3. The number of hydrogen-bond donors (Lipinski definition) is 1. The van der Waals surface area contributed by atoms with Crippen LogP contribution in [0.3, 0.4) is 0 Å². The summed E-state index contributed by atoms with van der Waals surface area (Å²) in [6.07, 6.45) is 10.3. The summed E-state index contributed by atoms with van der Waals surface area (Å²) in [6.45, 7) is 2.12. The maximum Gasteiger partial charge on any atom is 0.131 e. The Kier molecular flexibility index (Phi) is 4.49. The van der Waals surface area contributed by atoms with Gasteiger partial charge in [0, 0.05) is 30.3 Å². The minimum absolute atomic E-state index is 0.226. The average molecular weight is 233 g/mol. The van der Waals surface area contributed by atoms with Crippen molar-refractivity contribution in [3.63, 3.8) is 0 Å². The van der Waals surface area contributed by atoms with Gasteiger partial charge in [0.2, 0.25) is 0 Å². The molecule has 0 amide bonds. The van der Waals surface area contributed by atoms with E-state index in [4.69, 9.17) is 10.7 Å². The van der Waals surface area contributed by atoms with Crippen molar-refractivity contribution >= 4 is 0 Å². The van der Waals surface area contributed by atoms with Gasteiger partial charge in [0.05, 0.1) is 0 Å². The van der Waals surface area contributed by atoms with Crippen molar-refractivity contribution in [3.8, 4) is 0 Å². The molecule has 1 unspecified atom stereocenters. The molecule has 3 nitrogen and oxygen atoms in total. The minimum Gasteiger partial charge on any atom is -0.327 e. The number of rotatable bonds is 4. The molecule has 0 aliphatic heterocycles. The van der Waals surface area contributed by atoms with Crippen molar-refractivity contribution in [1.29, 1.82) is 0 Å². The van der Waals surface area contributed by atoms with E-state index in [1.807, 2.05) is 12.3 Å². The Hall–Kier alpha value is -0.960. The highest BCUT2D eigenvalue weighted by atomic mass is 14.9. The zero-order valence-electron chi connectivity index (χ0n) is 10.7. The van der Waals surface area contributed by atoms with E-state index in [2.05, 4.69) is 11.9 Å². The lowest BCUT2D eigenvalue weighted by atomic mass is 9.88. The topological polar surface area (TPSA) is 51.8 Å². The van der Waals surface area contributed by atoms with Crippen LogP contribution in [0, 0.1) is 0 Å². The van der Waals surface area contributed by atoms with E-state index in [-0.39, 0.29) is 6.04 Å². The fraction of sp³-hybridized carbons (Fsp3) is 0.714. The molecule has 1 heterocycles. The van der Waals surface area contributed by atoms with Crippen LogP contribution in [0.15, 0.2) is 12.3 Å². The second-order valence-electron chi connectivity index (χ2n) is 5.11. The molecule has 1 aromatic heterocycles. The van der Waals surface area contributed by atoms with Crippen LogP contribution in [0.5, 0.6) is 0 Å². The Balaban J connectivity index is 2.05. The summed E-state index contributed by atoms with van der Waals surface area (Å²) in [4.78, 5) is 9.14. The molecule has 0 bridgehead atoms. The minimum atomic E-state index is 0.226. The van der Waals surface area contributed by atoms with Crippen LogP contribution < -0.4 is 5.73 Å². The molecular weight excluding hydrogens is 210 g/mol. The Labute approximate surface area is 104 Å². The number of hydrogen-bond acceptors (Lipinski definition) is 3. The molecule has 2 rings (SSSR count). The molecule has 1 aliphatic carbocycles. The number of nitrogens with two attached hydrogens (primary N) is 1. The van der Waals surface area contributed by atoms with Crippen LogP contribution in [-0.4, -0.2) is 16.0 Å². The highest BCUT2D eigenvalue weighted by Crippen LogP contribution is 2.30. The fourth-order valence-electron chi connectivity index (χ4n) is 2.50. The normalized spacial score (nSPS) is 19.2. The molecular formula is C14H23N3. The Morgan fingerprint density at radius 3 is 2.82 bits per heavy atom. The van der Waals surface area contributed by atoms with Gasteiger partial charge in [-0.25, -0.2) is 9.97 Å². The molecule has 0 spiro atoms. The Morgan fingerprint density at radius 2 is 2.12 bits per heavy atom. The summed E-state index contributed by atoms with van der Waals surface area (Å²) >= 11 is 0. The van der Waals surface area contributed by atoms with Gasteiger partial charge < -0.3 is 5.73 Å². The van der Waals surface area contributed by atoms with Crippen molar-refractivity contribution in [2.24, 2.45) is 5.73 Å². The zero-order chi connectivity index (χ0) is 12.1. The molecule has 1 aromatic rings. The van der Waals surface area contributed by atoms with E-state index >= 15 is 0 Å². The van der Waals surface area contributed by atoms with Gasteiger partial charge in [-0.2, -0.15) is 0 Å². The zero-order valence-corrected chi connectivity index (χ0v) is 10.7. The van der Waals surface area contributed by atoms with Gasteiger partial charge in [-0.1, -0.05) is 26.2 Å². The number of nitrogens with zero attached hydrogens (tertiary/aromatic N) is 2. The molecule has 0 aromatic carbocycles. The average Bonchev–Trinajstić information content (AvgIpc) is 2.40. The van der Waals surface area contributed by atoms with Crippen molar-refractivity contribution < 1.29 is 0 Å². The molecule has 0 saturated heterocycles. The first-order chi connectivity index (χ1) is 8.29. The Bertz CT molecular complexity index is 345. The molecule has 2 N–H and O–H groups in total. The molecule has 17 heavy (non-hydrogen) atoms. The molecule has 3 heteroatoms. The van der Waals surface area contributed by atoms with Gasteiger partial charge in [0.1, 0.15) is 5.82 Å². The summed E-state index contributed by atoms with van der Waals surface area (Å²) < 4.78 is 0. The van der Waals surface area contributed by atoms with E-state index in [0.717, 1.165) is 24.4 Å². The summed E-state index contributed by atoms with van der Waals surface area (Å²) in [6, 6.07) is 2.23. The van der Waals surface area contributed by atoms with Gasteiger partial charge in [0.25, 0.3) is 0 Å². The van der Waals surface area contributed by atoms with Gasteiger partial charge >= 0.3 is 0 Å². The van der Waals surface area contributed by atoms with Crippen molar-refractivity contribution in [2.75, 3.05) is 0 Å². The van der Waals surface area contributed by atoms with E-state index < -0.39 is 0 Å². The van der Waals surface area contributed by atoms with Gasteiger partial charge in [-0.3, -0.25) is 0 Å². The van der Waals surface area contributed by atoms with Crippen LogP contribution >= 0.6 is 0 Å². The smallest absolute Gasteiger partial charge is 0.131 e. The summed E-state index contributed by atoms with van der Waals surface area (Å²) in [7, 11) is 0. The number of aromatic nitrogens is 2. The van der Waals surface area contributed by atoms with Crippen molar-refractivity contribution in [3.05, 3.63) is 23.8 Å². The highest BCUT2D eigenvalue weighted by Gasteiger charge is 2.18. The second kappa shape index (κ2) is 6.10. The SMILES string of the molecule is CCC(N)Cc1ccnc(C2CCCCC2)n1. The summed E-state index contributed by atoms with van der Waals surface area (Å²) in [5, 5.41) is 0. The van der Waals surface area contributed by atoms with E-state index in [1.54, 1.807) is 0 Å². The van der Waals surface area contributed by atoms with Gasteiger partial charge in [0.15, 0.2) is 0 Å². The quantitative estimate of drug-likeness (QED) is 0.870. The molecule has 1 fully saturated rings. The van der Waals surface area contributed by atoms with Gasteiger partial charge in [-0.15, -0.1) is 0 Å². The van der Waals surface area contributed by atoms with Crippen molar-refractivity contribution in [1.82, 2.24) is 9.97 Å². The third-order valence-corrected chi connectivity index (χ3v) is 3.70. The summed E-state index contributed by atoms with van der Waals surface area (Å²) in [5.41, 5.74) is 7.08. The third-order valence-electron chi connectivity index (χ3n) is 3.70. The van der Waals surface area contributed by atoms with E-state index in [1.165, 1.54) is 32.1 Å². The maximum absolute atomic E-state index is 5.97. The summed E-state index contributed by atoms with van der Waals surface area (Å²) in [5.74, 6) is 1.63. The van der Waals surface area contributed by atoms with Crippen LogP contribution in [0.4, 0.5) is 0 Å². The molecule has 0 radical (unpaired) electrons. The lowest BCUT2D eigenvalue weighted by Crippen LogP contribution is -2.22. The largest absolute Gasteiger partial charge is 0.327 e. The van der Waals surface area contributed by atoms with Gasteiger partial charge in [-0.05, 0) is 25.3 Å². The highest BCUT2D eigenvalue weighted by molar-refractivity contribution is 5.07. The fourth-order valence-corrected chi connectivity index (χ4v) is 2.50. The molecule has 1 aliphatic rings. The van der Waals surface area contributed by atoms with E-state index in [0.29, 0.717) is 5.92 Å². The lowest BCUT2D eigenvalue weighted by Gasteiger charge is -2.20. The first-order valence-corrected chi connectivity index (χ1v) is 6.87. The molecule has 1 atom stereocenters. The van der Waals surface area contributed by atoms with Crippen LogP contribution in [-0.2, 0) is 6.42 Å². The lowest BCUT2D eigenvalue weighted by molar-refractivity contribution is 0.427. The molecule has 1 saturated carbocycles. The van der Waals surface area contributed by atoms with Crippen LogP contribution in [0.2, 0.25) is 0 Å². The predicted octanol–water partition coefficient (Wildman–Crippen LogP) is 2.80. The second-order valence-corrected chi connectivity index (χ2v) is 5.11. The molecule has 94 valence electrons. The first-order valence-electron chi connectivity index (χ1n) is 6.87. The van der Waals surface area contributed by atoms with Crippen LogP contribution in [0.1, 0.15) is 62.9 Å². The monoisotopic (exact) mass is 233 g/mol. The maximum atomic E-state index is 5.97. The first kappa shape index (κ1) is 12.5. The van der Waals surface area contributed by atoms with E-state index in [9.17, 15) is 0 Å².